The van der Waals surface area contributed by atoms with Crippen LogP contribution in [0.15, 0.2) is 18.2 Å². The van der Waals surface area contributed by atoms with E-state index in [1.54, 1.807) is 17.0 Å². The summed E-state index contributed by atoms with van der Waals surface area (Å²) in [4.78, 5) is 23.1. The molecule has 186 valence electrons. The summed E-state index contributed by atoms with van der Waals surface area (Å²) in [6.45, 7) is 4.00. The minimum absolute atomic E-state index is 0.0315. The fourth-order valence-corrected chi connectivity index (χ4v) is 4.18. The van der Waals surface area contributed by atoms with E-state index in [4.69, 9.17) is 15.0 Å². The number of carboxylic acid groups (broad SMARTS) is 2. The molecule has 3 rings (SSSR count). The standard InChI is InChI=1S/C22H30F4N2O.CH2O3/c1-3-15-8-10-28(11-9-15)20(14(2)22(24,25)26)21(29)27-19-13-17(6-7-18(19)23)12-16-4-5-16;2-1(3)4/h6-7,13-16,20H,3-5,8-12H2,1-2H3,(H,27,29);(H2,2,3,4)/t14-,20-;/m1./s1. The Bertz CT molecular complexity index is 802. The number of alkyl halides is 3. The maximum Gasteiger partial charge on any atom is 0.503 e. The zero-order chi connectivity index (χ0) is 24.8. The van der Waals surface area contributed by atoms with Gasteiger partial charge in [0.2, 0.25) is 5.91 Å². The van der Waals surface area contributed by atoms with Crippen LogP contribution in [-0.4, -0.2) is 52.5 Å². The Morgan fingerprint density at radius 2 is 1.70 bits per heavy atom. The molecule has 2 fully saturated rings. The highest BCUT2D eigenvalue weighted by molar-refractivity contribution is 5.95. The lowest BCUT2D eigenvalue weighted by Gasteiger charge is -2.39. The van der Waals surface area contributed by atoms with E-state index in [0.29, 0.717) is 24.9 Å². The molecule has 1 heterocycles. The topological polar surface area (TPSA) is 89.9 Å². The van der Waals surface area contributed by atoms with Gasteiger partial charge in [0.25, 0.3) is 0 Å². The molecule has 1 aliphatic heterocycles. The SMILES string of the molecule is CCC1CCN([C@@H](C(=O)Nc2cc(CC3CC3)ccc2F)[C@@H](C)C(F)(F)F)CC1.O=C(O)O. The van der Waals surface area contributed by atoms with Gasteiger partial charge in [0.15, 0.2) is 0 Å². The molecule has 1 saturated carbocycles. The molecule has 1 amide bonds. The molecular formula is C23H32F4N2O4. The lowest BCUT2D eigenvalue weighted by atomic mass is 9.90. The van der Waals surface area contributed by atoms with Crippen molar-refractivity contribution in [2.45, 2.75) is 64.6 Å². The fraction of sp³-hybridized carbons (Fsp3) is 0.652. The van der Waals surface area contributed by atoms with Crippen LogP contribution in [0.4, 0.5) is 28.0 Å². The van der Waals surface area contributed by atoms with Crippen molar-refractivity contribution in [3.05, 3.63) is 29.6 Å². The Labute approximate surface area is 191 Å². The van der Waals surface area contributed by atoms with Crippen LogP contribution in [0.5, 0.6) is 0 Å². The number of likely N-dealkylation sites (tertiary alicyclic amines) is 1. The monoisotopic (exact) mass is 476 g/mol. The van der Waals surface area contributed by atoms with Gasteiger partial charge >= 0.3 is 12.3 Å². The first-order valence-corrected chi connectivity index (χ1v) is 11.2. The van der Waals surface area contributed by atoms with E-state index in [1.165, 1.54) is 6.07 Å². The van der Waals surface area contributed by atoms with E-state index in [1.807, 2.05) is 0 Å². The van der Waals surface area contributed by atoms with Crippen LogP contribution in [0.3, 0.4) is 0 Å². The number of piperidine rings is 1. The molecular weight excluding hydrogens is 444 g/mol. The molecule has 0 spiro atoms. The van der Waals surface area contributed by atoms with Crippen LogP contribution >= 0.6 is 0 Å². The van der Waals surface area contributed by atoms with Gasteiger partial charge in [0.05, 0.1) is 11.6 Å². The number of halogens is 4. The Morgan fingerprint density at radius 1 is 1.12 bits per heavy atom. The number of hydrogen-bond donors (Lipinski definition) is 3. The minimum Gasteiger partial charge on any atom is -0.450 e. The molecule has 1 aromatic rings. The number of nitrogens with zero attached hydrogens (tertiary/aromatic N) is 1. The van der Waals surface area contributed by atoms with Crippen molar-refractivity contribution >= 4 is 17.7 Å². The highest BCUT2D eigenvalue weighted by atomic mass is 19.4. The van der Waals surface area contributed by atoms with Crippen LogP contribution in [0.25, 0.3) is 0 Å². The molecule has 1 saturated heterocycles. The molecule has 3 N–H and O–H groups in total. The third-order valence-electron chi connectivity index (χ3n) is 6.39. The first-order chi connectivity index (χ1) is 15.4. The highest BCUT2D eigenvalue weighted by Gasteiger charge is 2.47. The molecule has 2 aliphatic rings. The molecule has 2 atom stereocenters. The first kappa shape index (κ1) is 26.9. The van der Waals surface area contributed by atoms with Gasteiger partial charge in [0, 0.05) is 0 Å². The molecule has 6 nitrogen and oxygen atoms in total. The predicted octanol–water partition coefficient (Wildman–Crippen LogP) is 5.63. The second-order valence-electron chi connectivity index (χ2n) is 8.90. The van der Waals surface area contributed by atoms with E-state index in [9.17, 15) is 22.4 Å². The lowest BCUT2D eigenvalue weighted by molar-refractivity contribution is -0.189. The Morgan fingerprint density at radius 3 is 2.18 bits per heavy atom. The van der Waals surface area contributed by atoms with Crippen LogP contribution in [0.1, 0.15) is 51.5 Å². The number of rotatable bonds is 7. The third kappa shape index (κ3) is 8.49. The number of anilines is 1. The third-order valence-corrected chi connectivity index (χ3v) is 6.39. The summed E-state index contributed by atoms with van der Waals surface area (Å²) < 4.78 is 54.8. The van der Waals surface area contributed by atoms with Gasteiger partial charge in [-0.3, -0.25) is 9.69 Å². The van der Waals surface area contributed by atoms with Gasteiger partial charge in [-0.05, 0) is 74.7 Å². The number of carbonyl (C=O) groups is 2. The first-order valence-electron chi connectivity index (χ1n) is 11.2. The number of benzene rings is 1. The molecule has 10 heteroatoms. The van der Waals surface area contributed by atoms with E-state index >= 15 is 0 Å². The van der Waals surface area contributed by atoms with Gasteiger partial charge < -0.3 is 15.5 Å². The predicted molar refractivity (Wildman–Crippen MR) is 116 cm³/mol. The molecule has 0 aromatic heterocycles. The van der Waals surface area contributed by atoms with Crippen molar-refractivity contribution in [2.24, 2.45) is 17.8 Å². The van der Waals surface area contributed by atoms with Crippen LogP contribution < -0.4 is 5.32 Å². The summed E-state index contributed by atoms with van der Waals surface area (Å²) in [5.74, 6) is -2.18. The molecule has 1 aromatic carbocycles. The van der Waals surface area contributed by atoms with Gasteiger partial charge in [-0.25, -0.2) is 9.18 Å². The van der Waals surface area contributed by atoms with E-state index in [-0.39, 0.29) is 5.69 Å². The van der Waals surface area contributed by atoms with Crippen molar-refractivity contribution in [3.63, 3.8) is 0 Å². The summed E-state index contributed by atoms with van der Waals surface area (Å²) in [6.07, 6.45) is -0.730. The van der Waals surface area contributed by atoms with E-state index < -0.39 is 36.0 Å². The molecule has 33 heavy (non-hydrogen) atoms. The van der Waals surface area contributed by atoms with Crippen molar-refractivity contribution in [1.29, 1.82) is 0 Å². The maximum atomic E-state index is 14.3. The van der Waals surface area contributed by atoms with Crippen molar-refractivity contribution in [1.82, 2.24) is 4.90 Å². The molecule has 0 unspecified atom stereocenters. The number of nitrogens with one attached hydrogen (secondary N) is 1. The van der Waals surface area contributed by atoms with Crippen LogP contribution in [0, 0.1) is 23.6 Å². The molecule has 0 radical (unpaired) electrons. The summed E-state index contributed by atoms with van der Waals surface area (Å²) in [5, 5.41) is 16.4. The van der Waals surface area contributed by atoms with Gasteiger partial charge in [-0.15, -0.1) is 0 Å². The number of hydrogen-bond acceptors (Lipinski definition) is 3. The largest absolute Gasteiger partial charge is 0.503 e. The van der Waals surface area contributed by atoms with Gasteiger partial charge in [-0.2, -0.15) is 13.2 Å². The highest BCUT2D eigenvalue weighted by Crippen LogP contribution is 2.35. The zero-order valence-electron chi connectivity index (χ0n) is 18.9. The maximum absolute atomic E-state index is 14.3. The molecule has 0 bridgehead atoms. The second-order valence-corrected chi connectivity index (χ2v) is 8.90. The van der Waals surface area contributed by atoms with E-state index in [2.05, 4.69) is 12.2 Å². The second kappa shape index (κ2) is 11.7. The van der Waals surface area contributed by atoms with Gasteiger partial charge in [0.1, 0.15) is 11.9 Å². The Hall–Kier alpha value is -2.36. The fourth-order valence-electron chi connectivity index (χ4n) is 4.18. The van der Waals surface area contributed by atoms with Gasteiger partial charge in [-0.1, -0.05) is 26.3 Å². The normalized spacial score (nSPS) is 19.2. The summed E-state index contributed by atoms with van der Waals surface area (Å²) in [5.41, 5.74) is 0.865. The number of amides is 1. The smallest absolute Gasteiger partial charge is 0.450 e. The average Bonchev–Trinajstić information content (AvgIpc) is 3.54. The van der Waals surface area contributed by atoms with Crippen molar-refractivity contribution in [2.75, 3.05) is 18.4 Å². The van der Waals surface area contributed by atoms with Crippen LogP contribution in [-0.2, 0) is 11.2 Å². The van der Waals surface area contributed by atoms with E-state index in [0.717, 1.165) is 51.0 Å². The number of carbonyl (C=O) groups excluding carboxylic acids is 1. The summed E-state index contributed by atoms with van der Waals surface area (Å²) >= 11 is 0. The lowest BCUT2D eigenvalue weighted by Crippen LogP contribution is -2.54. The minimum atomic E-state index is -4.50. The average molecular weight is 477 g/mol. The quantitative estimate of drug-likeness (QED) is 0.444. The molecule has 1 aliphatic carbocycles. The van der Waals surface area contributed by atoms with Crippen molar-refractivity contribution < 1.29 is 37.4 Å². The Kier molecular flexibility index (Phi) is 9.51. The van der Waals surface area contributed by atoms with Crippen LogP contribution in [0.2, 0.25) is 0 Å². The summed E-state index contributed by atoms with van der Waals surface area (Å²) in [6, 6.07) is 3.15. The summed E-state index contributed by atoms with van der Waals surface area (Å²) in [7, 11) is 0. The van der Waals surface area contributed by atoms with Crippen molar-refractivity contribution in [3.8, 4) is 0 Å². The zero-order valence-corrected chi connectivity index (χ0v) is 18.9. The Balaban J connectivity index is 0.000000890.